The van der Waals surface area contributed by atoms with Crippen molar-refractivity contribution in [3.63, 3.8) is 0 Å². The number of allylic oxidation sites excluding steroid dienone is 5. The van der Waals surface area contributed by atoms with Gasteiger partial charge < -0.3 is 10.2 Å². The number of nitrogens with one attached hydrogen (secondary N) is 1. The molecule has 2 aliphatic heterocycles. The van der Waals surface area contributed by atoms with Crippen molar-refractivity contribution in [3.05, 3.63) is 47.0 Å². The molecule has 1 N–H and O–H groups in total. The van der Waals surface area contributed by atoms with Gasteiger partial charge in [0.2, 0.25) is 0 Å². The molecule has 3 unspecified atom stereocenters. The van der Waals surface area contributed by atoms with Crippen molar-refractivity contribution >= 4 is 0 Å². The third kappa shape index (κ3) is 1.54. The summed E-state index contributed by atoms with van der Waals surface area (Å²) in [6, 6.07) is 0.684. The van der Waals surface area contributed by atoms with E-state index in [1.807, 2.05) is 0 Å². The largest absolute Gasteiger partial charge is 0.374 e. The summed E-state index contributed by atoms with van der Waals surface area (Å²) >= 11 is 0. The molecule has 2 nitrogen and oxygen atoms in total. The van der Waals surface area contributed by atoms with Crippen molar-refractivity contribution in [3.8, 4) is 0 Å². The summed E-state index contributed by atoms with van der Waals surface area (Å²) in [6.07, 6.45) is 15.3. The van der Waals surface area contributed by atoms with E-state index in [0.717, 1.165) is 5.92 Å². The summed E-state index contributed by atoms with van der Waals surface area (Å²) in [7, 11) is 2.33. The van der Waals surface area contributed by atoms with Gasteiger partial charge in [0.05, 0.1) is 0 Å². The molecule has 5 bridgehead atoms. The molecule has 0 fully saturated rings. The molecule has 4 rings (SSSR count). The zero-order chi connectivity index (χ0) is 14.6. The van der Waals surface area contributed by atoms with E-state index in [1.54, 1.807) is 22.4 Å². The Hall–Kier alpha value is -1.44. The van der Waals surface area contributed by atoms with Gasteiger partial charge in [-0.25, -0.2) is 0 Å². The second kappa shape index (κ2) is 4.53. The minimum atomic E-state index is 0.245. The molecule has 2 aliphatic carbocycles. The third-order valence-electron chi connectivity index (χ3n) is 6.48. The Morgan fingerprint density at radius 1 is 1.29 bits per heavy atom. The maximum absolute atomic E-state index is 3.35. The summed E-state index contributed by atoms with van der Waals surface area (Å²) < 4.78 is 0. The van der Waals surface area contributed by atoms with E-state index in [-0.39, 0.29) is 5.41 Å². The molecule has 2 heterocycles. The number of hydrogen-bond donors (Lipinski definition) is 1. The van der Waals surface area contributed by atoms with Crippen molar-refractivity contribution in [1.82, 2.24) is 10.2 Å². The topological polar surface area (TPSA) is 15.3 Å². The summed E-state index contributed by atoms with van der Waals surface area (Å²) in [6.45, 7) is 4.76. The maximum atomic E-state index is 3.35. The van der Waals surface area contributed by atoms with Gasteiger partial charge in [0.15, 0.2) is 0 Å². The fourth-order valence-electron chi connectivity index (χ4n) is 5.53. The Balaban J connectivity index is 2.04. The van der Waals surface area contributed by atoms with E-state index in [2.05, 4.69) is 55.7 Å². The van der Waals surface area contributed by atoms with Gasteiger partial charge in [0.25, 0.3) is 0 Å². The van der Waals surface area contributed by atoms with E-state index in [1.165, 1.54) is 32.1 Å². The predicted molar refractivity (Wildman–Crippen MR) is 87.4 cm³/mol. The average Bonchev–Trinajstić information content (AvgIpc) is 2.76. The Bertz CT molecular complexity index is 593. The molecule has 0 aromatic rings. The quantitative estimate of drug-likeness (QED) is 0.820. The van der Waals surface area contributed by atoms with Gasteiger partial charge in [-0.2, -0.15) is 0 Å². The van der Waals surface area contributed by atoms with Crippen LogP contribution in [-0.2, 0) is 0 Å². The van der Waals surface area contributed by atoms with Crippen LogP contribution in [0.25, 0.3) is 0 Å². The Kier molecular flexibility index (Phi) is 2.85. The number of rotatable bonds is 2. The zero-order valence-corrected chi connectivity index (χ0v) is 13.4. The van der Waals surface area contributed by atoms with Crippen LogP contribution in [0.3, 0.4) is 0 Å². The minimum Gasteiger partial charge on any atom is -0.374 e. The molecule has 0 spiro atoms. The van der Waals surface area contributed by atoms with Crippen LogP contribution in [0.15, 0.2) is 47.0 Å². The first-order valence-corrected chi connectivity index (χ1v) is 8.52. The first kappa shape index (κ1) is 13.2. The zero-order valence-electron chi connectivity index (χ0n) is 13.4. The summed E-state index contributed by atoms with van der Waals surface area (Å²) in [5.41, 5.74) is 6.79. The van der Waals surface area contributed by atoms with E-state index < -0.39 is 0 Å². The van der Waals surface area contributed by atoms with Crippen LogP contribution in [0.4, 0.5) is 0 Å². The fraction of sp³-hybridized carbons (Fsp3) is 0.579. The fourth-order valence-corrected chi connectivity index (χ4v) is 5.53. The van der Waals surface area contributed by atoms with Gasteiger partial charge in [-0.1, -0.05) is 31.9 Å². The lowest BCUT2D eigenvalue weighted by molar-refractivity contribution is 0.126. The third-order valence-corrected chi connectivity index (χ3v) is 6.48. The predicted octanol–water partition coefficient (Wildman–Crippen LogP) is 4.10. The van der Waals surface area contributed by atoms with E-state index in [4.69, 9.17) is 0 Å². The molecule has 4 aliphatic rings. The summed E-state index contributed by atoms with van der Waals surface area (Å²) in [5, 5.41) is 3.35. The normalized spacial score (nSPS) is 39.9. The lowest BCUT2D eigenvalue weighted by Crippen LogP contribution is -2.45. The van der Waals surface area contributed by atoms with Gasteiger partial charge in [-0.15, -0.1) is 0 Å². The van der Waals surface area contributed by atoms with Gasteiger partial charge >= 0.3 is 0 Å². The van der Waals surface area contributed by atoms with Crippen LogP contribution >= 0.6 is 0 Å². The molecule has 0 saturated heterocycles. The van der Waals surface area contributed by atoms with Crippen LogP contribution in [0.5, 0.6) is 0 Å². The number of nitrogens with zero attached hydrogens (tertiary/aromatic N) is 1. The molecule has 0 aromatic carbocycles. The van der Waals surface area contributed by atoms with Crippen molar-refractivity contribution in [2.75, 3.05) is 7.05 Å². The SMILES string of the molecule is CCC1C2CC3=C(CCC4=C3/C=C\N/C=C\C41CC)N2C. The molecular weight excluding hydrogens is 256 g/mol. The Morgan fingerprint density at radius 3 is 2.90 bits per heavy atom. The molecule has 0 radical (unpaired) electrons. The molecule has 21 heavy (non-hydrogen) atoms. The first-order chi connectivity index (χ1) is 10.2. The molecule has 0 aromatic heterocycles. The summed E-state index contributed by atoms with van der Waals surface area (Å²) in [5.74, 6) is 0.720. The molecule has 3 atom stereocenters. The molecule has 2 heteroatoms. The molecule has 0 amide bonds. The Morgan fingerprint density at radius 2 is 2.14 bits per heavy atom. The summed E-state index contributed by atoms with van der Waals surface area (Å²) in [4.78, 5) is 2.63. The standard InChI is InChI=1S/C19H26N2/c1-4-15-18-12-14-13-8-10-20-11-9-19(15,5-2)16(13)6-7-17(14)21(18)3/h8-11,15,18,20H,4-7,12H2,1-3H3/b10-8-,11-9-. The highest BCUT2D eigenvalue weighted by Gasteiger charge is 2.51. The number of likely N-dealkylation sites (tertiary alicyclic amines) is 1. The number of hydrogen-bond acceptors (Lipinski definition) is 2. The first-order valence-electron chi connectivity index (χ1n) is 8.52. The van der Waals surface area contributed by atoms with Crippen LogP contribution in [-0.4, -0.2) is 18.0 Å². The molecular formula is C19H26N2. The van der Waals surface area contributed by atoms with E-state index in [9.17, 15) is 0 Å². The highest BCUT2D eigenvalue weighted by atomic mass is 15.2. The highest BCUT2D eigenvalue weighted by molar-refractivity contribution is 5.56. The highest BCUT2D eigenvalue weighted by Crippen LogP contribution is 2.59. The van der Waals surface area contributed by atoms with Crippen LogP contribution in [0.2, 0.25) is 0 Å². The Labute approximate surface area is 128 Å². The van der Waals surface area contributed by atoms with Crippen molar-refractivity contribution in [2.24, 2.45) is 11.3 Å². The van der Waals surface area contributed by atoms with Gasteiger partial charge in [-0.05, 0) is 55.0 Å². The van der Waals surface area contributed by atoms with E-state index >= 15 is 0 Å². The van der Waals surface area contributed by atoms with Gasteiger partial charge in [0, 0.05) is 30.4 Å². The van der Waals surface area contributed by atoms with Crippen molar-refractivity contribution < 1.29 is 0 Å². The van der Waals surface area contributed by atoms with Gasteiger partial charge in [0.1, 0.15) is 0 Å². The van der Waals surface area contributed by atoms with Crippen molar-refractivity contribution in [2.45, 2.75) is 52.0 Å². The number of fused-ring (bicyclic) bond motifs is 1. The van der Waals surface area contributed by atoms with Gasteiger partial charge in [-0.3, -0.25) is 0 Å². The molecule has 0 saturated carbocycles. The minimum absolute atomic E-state index is 0.245. The van der Waals surface area contributed by atoms with Crippen LogP contribution < -0.4 is 5.32 Å². The maximum Gasteiger partial charge on any atom is 0.0364 e. The molecule has 112 valence electrons. The monoisotopic (exact) mass is 282 g/mol. The van der Waals surface area contributed by atoms with E-state index in [0.29, 0.717) is 6.04 Å². The second-order valence-corrected chi connectivity index (χ2v) is 6.94. The lowest BCUT2D eigenvalue weighted by Gasteiger charge is -2.48. The smallest absolute Gasteiger partial charge is 0.0364 e. The van der Waals surface area contributed by atoms with Crippen LogP contribution in [0, 0.1) is 11.3 Å². The van der Waals surface area contributed by atoms with Crippen LogP contribution in [0.1, 0.15) is 46.0 Å². The van der Waals surface area contributed by atoms with Crippen molar-refractivity contribution in [1.29, 1.82) is 0 Å². The average molecular weight is 282 g/mol. The lowest BCUT2D eigenvalue weighted by atomic mass is 9.61. The second-order valence-electron chi connectivity index (χ2n) is 6.94.